The quantitative estimate of drug-likeness (QED) is 0.234. The lowest BCUT2D eigenvalue weighted by Gasteiger charge is -2.29. The van der Waals surface area contributed by atoms with Gasteiger partial charge in [0.05, 0.1) is 17.8 Å². The van der Waals surface area contributed by atoms with Gasteiger partial charge < -0.3 is 20.1 Å². The predicted molar refractivity (Wildman–Crippen MR) is 168 cm³/mol. The average Bonchev–Trinajstić information content (AvgIpc) is 3.42. The summed E-state index contributed by atoms with van der Waals surface area (Å²) >= 11 is 12.5. The Bertz CT molecular complexity index is 1600. The maximum absolute atomic E-state index is 12.4. The molecule has 0 unspecified atom stereocenters. The zero-order chi connectivity index (χ0) is 28.7. The van der Waals surface area contributed by atoms with Gasteiger partial charge in [-0.2, -0.15) is 0 Å². The molecule has 3 heterocycles. The molecule has 2 N–H and O–H groups in total. The normalized spacial score (nSPS) is 16.9. The van der Waals surface area contributed by atoms with Crippen molar-refractivity contribution in [2.75, 3.05) is 10.2 Å². The van der Waals surface area contributed by atoms with Crippen molar-refractivity contribution in [3.05, 3.63) is 106 Å². The van der Waals surface area contributed by atoms with Gasteiger partial charge in [0.15, 0.2) is 5.11 Å². The van der Waals surface area contributed by atoms with Gasteiger partial charge in [0.2, 0.25) is 5.91 Å². The lowest BCUT2D eigenvalue weighted by atomic mass is 9.96. The number of hydrogen-bond acceptors (Lipinski definition) is 3. The van der Waals surface area contributed by atoms with Crippen molar-refractivity contribution < 1.29 is 4.79 Å². The van der Waals surface area contributed by atoms with Crippen molar-refractivity contribution in [3.63, 3.8) is 0 Å². The van der Waals surface area contributed by atoms with Gasteiger partial charge in [-0.3, -0.25) is 9.78 Å². The zero-order valence-electron chi connectivity index (χ0n) is 23.6. The second-order valence-corrected chi connectivity index (χ2v) is 11.5. The van der Waals surface area contributed by atoms with Crippen molar-refractivity contribution in [2.24, 2.45) is 5.92 Å². The summed E-state index contributed by atoms with van der Waals surface area (Å²) in [5, 5.41) is 7.96. The van der Waals surface area contributed by atoms with Crippen LogP contribution in [0, 0.1) is 33.6 Å². The molecule has 2 atom stereocenters. The number of thiocarbonyl (C=S) groups is 1. The Hall–Kier alpha value is -3.68. The van der Waals surface area contributed by atoms with E-state index in [-0.39, 0.29) is 23.9 Å². The number of benzene rings is 2. The largest absolute Gasteiger partial charge is 0.351 e. The molecule has 0 spiro atoms. The second kappa shape index (κ2) is 11.1. The van der Waals surface area contributed by atoms with Gasteiger partial charge in [-0.15, -0.1) is 0 Å². The third-order valence-electron chi connectivity index (χ3n) is 7.64. The summed E-state index contributed by atoms with van der Waals surface area (Å²) < 4.78 is 2.27. The smallest absolute Gasteiger partial charge is 0.226 e. The topological polar surface area (TPSA) is 62.2 Å². The molecule has 40 heavy (non-hydrogen) atoms. The van der Waals surface area contributed by atoms with E-state index in [9.17, 15) is 4.79 Å². The van der Waals surface area contributed by atoms with Crippen LogP contribution in [0.5, 0.6) is 0 Å². The molecule has 2 aromatic heterocycles. The maximum atomic E-state index is 12.4. The average molecular weight is 572 g/mol. The number of amides is 1. The molecule has 5 rings (SSSR count). The highest BCUT2D eigenvalue weighted by molar-refractivity contribution is 7.80. The van der Waals surface area contributed by atoms with E-state index in [1.165, 1.54) is 0 Å². The van der Waals surface area contributed by atoms with Crippen LogP contribution in [0.25, 0.3) is 5.69 Å². The molecule has 206 valence electrons. The number of pyridine rings is 1. The van der Waals surface area contributed by atoms with E-state index in [1.54, 1.807) is 0 Å². The number of rotatable bonds is 6. The first-order valence-corrected chi connectivity index (χ1v) is 14.2. The lowest BCUT2D eigenvalue weighted by molar-refractivity contribution is -0.118. The number of aromatic nitrogens is 2. The van der Waals surface area contributed by atoms with Gasteiger partial charge in [-0.1, -0.05) is 37.6 Å². The Kier molecular flexibility index (Phi) is 7.71. The summed E-state index contributed by atoms with van der Waals surface area (Å²) in [6.45, 7) is 12.1. The minimum atomic E-state index is -0.163. The molecule has 0 radical (unpaired) electrons. The third kappa shape index (κ3) is 5.00. The van der Waals surface area contributed by atoms with Crippen molar-refractivity contribution in [2.45, 2.75) is 53.6 Å². The molecule has 1 fully saturated rings. The Morgan fingerprint density at radius 2 is 1.82 bits per heavy atom. The number of anilines is 2. The number of carbonyl (C=O) groups excluding carboxylic acids is 1. The predicted octanol–water partition coefficient (Wildman–Crippen LogP) is 7.53. The highest BCUT2D eigenvalue weighted by Gasteiger charge is 2.42. The van der Waals surface area contributed by atoms with E-state index in [4.69, 9.17) is 28.8 Å². The van der Waals surface area contributed by atoms with Crippen LogP contribution in [0.3, 0.4) is 0 Å². The minimum absolute atomic E-state index is 0.00829. The molecule has 1 saturated heterocycles. The van der Waals surface area contributed by atoms with Crippen LogP contribution in [0.1, 0.15) is 59.7 Å². The van der Waals surface area contributed by atoms with Gasteiger partial charge in [-0.05, 0) is 105 Å². The first kappa shape index (κ1) is 27.9. The van der Waals surface area contributed by atoms with Crippen LogP contribution in [0.15, 0.2) is 66.9 Å². The van der Waals surface area contributed by atoms with Crippen LogP contribution >= 0.6 is 23.8 Å². The molecule has 2 aromatic carbocycles. The molecule has 1 aliphatic heterocycles. The first-order chi connectivity index (χ1) is 19.1. The van der Waals surface area contributed by atoms with E-state index in [1.807, 2.05) is 76.4 Å². The summed E-state index contributed by atoms with van der Waals surface area (Å²) in [6, 6.07) is 19.9. The van der Waals surface area contributed by atoms with Crippen molar-refractivity contribution in [3.8, 4) is 5.69 Å². The third-order valence-corrected chi connectivity index (χ3v) is 8.36. The molecular weight excluding hydrogens is 538 g/mol. The summed E-state index contributed by atoms with van der Waals surface area (Å²) in [7, 11) is 0. The number of carbonyl (C=O) groups is 1. The molecular formula is C32H34ClN5OS. The number of nitrogens with zero attached hydrogens (tertiary/aromatic N) is 3. The summed E-state index contributed by atoms with van der Waals surface area (Å²) in [5.41, 5.74) is 9.09. The lowest BCUT2D eigenvalue weighted by Crippen LogP contribution is -2.29. The minimum Gasteiger partial charge on any atom is -0.351 e. The van der Waals surface area contributed by atoms with Crippen molar-refractivity contribution in [1.82, 2.24) is 14.9 Å². The van der Waals surface area contributed by atoms with Gasteiger partial charge in [0.1, 0.15) is 0 Å². The van der Waals surface area contributed by atoms with Crippen LogP contribution in [-0.2, 0) is 4.79 Å². The summed E-state index contributed by atoms with van der Waals surface area (Å²) in [4.78, 5) is 19.2. The van der Waals surface area contributed by atoms with Gasteiger partial charge >= 0.3 is 0 Å². The van der Waals surface area contributed by atoms with Crippen LogP contribution in [0.2, 0.25) is 5.02 Å². The number of halogens is 1. The summed E-state index contributed by atoms with van der Waals surface area (Å²) in [5.74, 6) is -0.109. The molecule has 0 saturated carbocycles. The Morgan fingerprint density at radius 1 is 1.05 bits per heavy atom. The number of aryl methyl sites for hydroxylation is 2. The van der Waals surface area contributed by atoms with Crippen LogP contribution in [-0.4, -0.2) is 20.6 Å². The van der Waals surface area contributed by atoms with E-state index >= 15 is 0 Å². The molecule has 8 heteroatoms. The Labute approximate surface area is 246 Å². The standard InChI is InChI=1S/C32H34ClN5OS/c1-18(2)31(39)35-26-14-13-23(16-19(26)3)38-30(29(36-32(38)40)27-11-7-8-15-34-27)24-17-20(4)37(22(24)6)28-12-9-10-25(33)21(28)5/h7-18,29-30H,1-6H3,(H,35,39)(H,36,40)/t29-,30-/m1/s1. The first-order valence-electron chi connectivity index (χ1n) is 13.4. The SMILES string of the molecule is Cc1cc(N2C(=S)N[C@H](c3ccccn3)[C@H]2c2cc(C)n(-c3cccc(Cl)c3C)c2C)ccc1NC(=O)C(C)C. The fraction of sp³-hybridized carbons (Fsp3) is 0.281. The molecule has 0 bridgehead atoms. The number of hydrogen-bond donors (Lipinski definition) is 2. The van der Waals surface area contributed by atoms with Gasteiger partial charge in [0, 0.05) is 45.6 Å². The van der Waals surface area contributed by atoms with Crippen LogP contribution in [0.4, 0.5) is 11.4 Å². The van der Waals surface area contributed by atoms with Crippen molar-refractivity contribution in [1.29, 1.82) is 0 Å². The Balaban J connectivity index is 1.64. The van der Waals surface area contributed by atoms with E-state index < -0.39 is 0 Å². The van der Waals surface area contributed by atoms with Crippen molar-refractivity contribution >= 4 is 46.2 Å². The molecule has 6 nitrogen and oxygen atoms in total. The Morgan fingerprint density at radius 3 is 2.50 bits per heavy atom. The second-order valence-electron chi connectivity index (χ2n) is 10.7. The fourth-order valence-corrected chi connectivity index (χ4v) is 5.98. The zero-order valence-corrected chi connectivity index (χ0v) is 25.2. The van der Waals surface area contributed by atoms with Gasteiger partial charge in [0.25, 0.3) is 0 Å². The fourth-order valence-electron chi connectivity index (χ4n) is 5.46. The van der Waals surface area contributed by atoms with E-state index in [2.05, 4.69) is 52.1 Å². The van der Waals surface area contributed by atoms with Gasteiger partial charge in [-0.25, -0.2) is 0 Å². The van der Waals surface area contributed by atoms with E-state index in [0.717, 1.165) is 55.9 Å². The molecule has 1 aliphatic rings. The highest BCUT2D eigenvalue weighted by Crippen LogP contribution is 2.44. The maximum Gasteiger partial charge on any atom is 0.226 e. The molecule has 0 aliphatic carbocycles. The molecule has 1 amide bonds. The van der Waals surface area contributed by atoms with Crippen LogP contribution < -0.4 is 15.5 Å². The van der Waals surface area contributed by atoms with E-state index in [0.29, 0.717) is 5.11 Å². The molecule has 4 aromatic rings. The number of nitrogens with one attached hydrogen (secondary N) is 2. The monoisotopic (exact) mass is 571 g/mol. The highest BCUT2D eigenvalue weighted by atomic mass is 35.5. The summed E-state index contributed by atoms with van der Waals surface area (Å²) in [6.07, 6.45) is 1.81.